The summed E-state index contributed by atoms with van der Waals surface area (Å²) in [6, 6.07) is 2.74. The van der Waals surface area contributed by atoms with Crippen LogP contribution in [0.15, 0.2) is 16.9 Å². The van der Waals surface area contributed by atoms with E-state index in [1.807, 2.05) is 6.92 Å². The lowest BCUT2D eigenvalue weighted by atomic mass is 10.1. The lowest BCUT2D eigenvalue weighted by molar-refractivity contribution is 0.628. The topological polar surface area (TPSA) is 32.9 Å². The van der Waals surface area contributed by atoms with E-state index in [0.717, 1.165) is 5.69 Å². The largest absolute Gasteiger partial charge is 0.358 e. The Labute approximate surface area is 86.8 Å². The highest BCUT2D eigenvalue weighted by Crippen LogP contribution is 2.16. The monoisotopic (exact) mass is 205 g/mol. The lowest BCUT2D eigenvalue weighted by Crippen LogP contribution is -2.11. The summed E-state index contributed by atoms with van der Waals surface area (Å²) in [5.41, 5.74) is 2.71. The fourth-order valence-electron chi connectivity index (χ4n) is 1.80. The molecule has 0 bridgehead atoms. The van der Waals surface area contributed by atoms with Crippen LogP contribution in [0.25, 0.3) is 10.9 Å². The van der Waals surface area contributed by atoms with Crippen LogP contribution >= 0.6 is 0 Å². The summed E-state index contributed by atoms with van der Waals surface area (Å²) in [4.78, 5) is 15.0. The summed E-state index contributed by atoms with van der Waals surface area (Å²) in [6.45, 7) is 5.34. The van der Waals surface area contributed by atoms with Gasteiger partial charge in [-0.2, -0.15) is 0 Å². The predicted octanol–water partition coefficient (Wildman–Crippen LogP) is 2.59. The van der Waals surface area contributed by atoms with Crippen LogP contribution in [0, 0.1) is 26.6 Å². The van der Waals surface area contributed by atoms with Crippen molar-refractivity contribution >= 4 is 10.9 Å². The van der Waals surface area contributed by atoms with Crippen LogP contribution in [0.2, 0.25) is 0 Å². The Morgan fingerprint density at radius 1 is 1.20 bits per heavy atom. The first-order valence-electron chi connectivity index (χ1n) is 4.80. The van der Waals surface area contributed by atoms with Gasteiger partial charge in [0.25, 0.3) is 0 Å². The number of nitrogens with one attached hydrogen (secondary N) is 1. The van der Waals surface area contributed by atoms with Crippen molar-refractivity contribution in [2.45, 2.75) is 20.8 Å². The number of aromatic amines is 1. The molecule has 0 aliphatic carbocycles. The molecule has 1 heterocycles. The summed E-state index contributed by atoms with van der Waals surface area (Å²) < 4.78 is 13.1. The second kappa shape index (κ2) is 3.19. The van der Waals surface area contributed by atoms with Gasteiger partial charge in [0.15, 0.2) is 5.43 Å². The Morgan fingerprint density at radius 3 is 2.53 bits per heavy atom. The Morgan fingerprint density at radius 2 is 1.87 bits per heavy atom. The second-order valence-corrected chi connectivity index (χ2v) is 3.85. The fourth-order valence-corrected chi connectivity index (χ4v) is 1.80. The molecule has 78 valence electrons. The van der Waals surface area contributed by atoms with Gasteiger partial charge in [0.1, 0.15) is 5.82 Å². The molecular weight excluding hydrogens is 193 g/mol. The maximum Gasteiger partial charge on any atom is 0.192 e. The van der Waals surface area contributed by atoms with Crippen LogP contribution in [-0.4, -0.2) is 4.98 Å². The van der Waals surface area contributed by atoms with Crippen LogP contribution < -0.4 is 5.43 Å². The number of hydrogen-bond acceptors (Lipinski definition) is 1. The zero-order valence-corrected chi connectivity index (χ0v) is 8.94. The van der Waals surface area contributed by atoms with Crippen molar-refractivity contribution in [3.63, 3.8) is 0 Å². The molecule has 0 saturated carbocycles. The molecular formula is C12H12FNO. The first-order valence-corrected chi connectivity index (χ1v) is 4.80. The molecule has 0 aliphatic rings. The van der Waals surface area contributed by atoms with Crippen molar-refractivity contribution < 1.29 is 4.39 Å². The average molecular weight is 205 g/mol. The minimum absolute atomic E-state index is 0.0150. The van der Waals surface area contributed by atoms with E-state index < -0.39 is 0 Å². The smallest absolute Gasteiger partial charge is 0.192 e. The molecule has 0 fully saturated rings. The van der Waals surface area contributed by atoms with Gasteiger partial charge in [-0.05, 0) is 38.5 Å². The molecule has 0 saturated heterocycles. The Balaban J connectivity index is 3.06. The number of hydrogen-bond donors (Lipinski definition) is 1. The van der Waals surface area contributed by atoms with E-state index in [0.29, 0.717) is 22.0 Å². The van der Waals surface area contributed by atoms with Gasteiger partial charge in [0.2, 0.25) is 0 Å². The van der Waals surface area contributed by atoms with Gasteiger partial charge in [-0.1, -0.05) is 0 Å². The molecule has 1 N–H and O–H groups in total. The van der Waals surface area contributed by atoms with Crippen LogP contribution in [0.5, 0.6) is 0 Å². The van der Waals surface area contributed by atoms with E-state index in [-0.39, 0.29) is 11.2 Å². The molecule has 0 unspecified atom stereocenters. The Hall–Kier alpha value is -1.64. The number of aromatic nitrogens is 1. The molecule has 2 aromatic rings. The zero-order chi connectivity index (χ0) is 11.2. The second-order valence-electron chi connectivity index (χ2n) is 3.85. The van der Waals surface area contributed by atoms with E-state index in [1.54, 1.807) is 13.8 Å². The SMILES string of the molecule is Cc1[nH]c2cc(F)cc(C)c2c(=O)c1C. The first kappa shape index (κ1) is 9.90. The standard InChI is InChI=1S/C12H12FNO/c1-6-4-9(13)5-10-11(6)12(15)7(2)8(3)14-10/h4-5H,1-3H3,(H,14,15). The van der Waals surface area contributed by atoms with E-state index in [1.165, 1.54) is 12.1 Å². The van der Waals surface area contributed by atoms with Crippen molar-refractivity contribution in [1.82, 2.24) is 4.98 Å². The number of fused-ring (bicyclic) bond motifs is 1. The molecule has 0 atom stereocenters. The quantitative estimate of drug-likeness (QED) is 0.704. The molecule has 0 aliphatic heterocycles. The lowest BCUT2D eigenvalue weighted by Gasteiger charge is -2.06. The third kappa shape index (κ3) is 1.44. The summed E-state index contributed by atoms with van der Waals surface area (Å²) in [6.07, 6.45) is 0. The highest BCUT2D eigenvalue weighted by Gasteiger charge is 2.08. The van der Waals surface area contributed by atoms with Gasteiger partial charge < -0.3 is 4.98 Å². The Bertz CT molecular complexity index is 599. The van der Waals surface area contributed by atoms with E-state index in [4.69, 9.17) is 0 Å². The fraction of sp³-hybridized carbons (Fsp3) is 0.250. The van der Waals surface area contributed by atoms with Crippen molar-refractivity contribution in [3.8, 4) is 0 Å². The number of aryl methyl sites for hydroxylation is 2. The Kier molecular flexibility index (Phi) is 2.11. The van der Waals surface area contributed by atoms with E-state index >= 15 is 0 Å². The molecule has 3 heteroatoms. The summed E-state index contributed by atoms with van der Waals surface area (Å²) in [5, 5.41) is 0.583. The molecule has 1 aromatic heterocycles. The number of rotatable bonds is 0. The molecule has 2 nitrogen and oxygen atoms in total. The maximum atomic E-state index is 13.1. The van der Waals surface area contributed by atoms with Crippen LogP contribution in [0.3, 0.4) is 0 Å². The van der Waals surface area contributed by atoms with Crippen LogP contribution in [-0.2, 0) is 0 Å². The van der Waals surface area contributed by atoms with Gasteiger partial charge in [-0.3, -0.25) is 4.79 Å². The maximum absolute atomic E-state index is 13.1. The number of pyridine rings is 1. The highest BCUT2D eigenvalue weighted by molar-refractivity contribution is 5.82. The minimum Gasteiger partial charge on any atom is -0.358 e. The number of benzene rings is 1. The molecule has 0 radical (unpaired) electrons. The van der Waals surface area contributed by atoms with Crippen LogP contribution in [0.4, 0.5) is 4.39 Å². The number of halogens is 1. The normalized spacial score (nSPS) is 10.9. The molecule has 15 heavy (non-hydrogen) atoms. The minimum atomic E-state index is -0.320. The van der Waals surface area contributed by atoms with E-state index in [2.05, 4.69) is 4.98 Å². The summed E-state index contributed by atoms with van der Waals surface area (Å²) in [5.74, 6) is -0.320. The third-order valence-electron chi connectivity index (χ3n) is 2.75. The highest BCUT2D eigenvalue weighted by atomic mass is 19.1. The van der Waals surface area contributed by atoms with Crippen molar-refractivity contribution in [3.05, 3.63) is 45.0 Å². The summed E-state index contributed by atoms with van der Waals surface area (Å²) >= 11 is 0. The predicted molar refractivity (Wildman–Crippen MR) is 58.7 cm³/mol. The van der Waals surface area contributed by atoms with E-state index in [9.17, 15) is 9.18 Å². The first-order chi connectivity index (χ1) is 7.00. The molecule has 0 amide bonds. The van der Waals surface area contributed by atoms with Gasteiger partial charge >= 0.3 is 0 Å². The van der Waals surface area contributed by atoms with Gasteiger partial charge in [-0.25, -0.2) is 4.39 Å². The molecule has 0 spiro atoms. The van der Waals surface area contributed by atoms with Crippen LogP contribution in [0.1, 0.15) is 16.8 Å². The molecule has 1 aromatic carbocycles. The van der Waals surface area contributed by atoms with Crippen molar-refractivity contribution in [2.24, 2.45) is 0 Å². The zero-order valence-electron chi connectivity index (χ0n) is 8.94. The van der Waals surface area contributed by atoms with Crippen molar-refractivity contribution in [2.75, 3.05) is 0 Å². The number of H-pyrrole nitrogens is 1. The van der Waals surface area contributed by atoms with Gasteiger partial charge in [-0.15, -0.1) is 0 Å². The van der Waals surface area contributed by atoms with Gasteiger partial charge in [0, 0.05) is 16.6 Å². The van der Waals surface area contributed by atoms with Gasteiger partial charge in [0.05, 0.1) is 5.52 Å². The summed E-state index contributed by atoms with van der Waals surface area (Å²) in [7, 11) is 0. The average Bonchev–Trinajstić information content (AvgIpc) is 2.13. The van der Waals surface area contributed by atoms with Crippen molar-refractivity contribution in [1.29, 1.82) is 0 Å². The molecule has 2 rings (SSSR count). The third-order valence-corrected chi connectivity index (χ3v) is 2.75.